The summed E-state index contributed by atoms with van der Waals surface area (Å²) < 4.78 is 0. The van der Waals surface area contributed by atoms with Crippen molar-refractivity contribution in [2.24, 2.45) is 16.3 Å². The van der Waals surface area contributed by atoms with Crippen molar-refractivity contribution in [1.29, 1.82) is 0 Å². The van der Waals surface area contributed by atoms with E-state index in [1.165, 1.54) is 0 Å². The summed E-state index contributed by atoms with van der Waals surface area (Å²) >= 11 is 0. The topological polar surface area (TPSA) is 65.1 Å². The summed E-state index contributed by atoms with van der Waals surface area (Å²) in [6.07, 6.45) is 1.97. The predicted octanol–water partition coefficient (Wildman–Crippen LogP) is 1.03. The summed E-state index contributed by atoms with van der Waals surface area (Å²) in [5.74, 6) is 0.313. The number of amidine groups is 1. The maximum Gasteiger partial charge on any atom is 0.144 e. The van der Waals surface area contributed by atoms with E-state index in [1.54, 1.807) is 0 Å². The van der Waals surface area contributed by atoms with E-state index in [9.17, 15) is 0 Å². The summed E-state index contributed by atoms with van der Waals surface area (Å²) in [5.41, 5.74) is 5.42. The smallest absolute Gasteiger partial charge is 0.144 e. The fraction of sp³-hybridized carbons (Fsp3) is 0.917. The van der Waals surface area contributed by atoms with Crippen molar-refractivity contribution in [3.05, 3.63) is 0 Å². The molecule has 0 heterocycles. The molecule has 0 unspecified atom stereocenters. The van der Waals surface area contributed by atoms with Crippen LogP contribution in [0.5, 0.6) is 0 Å². The minimum Gasteiger partial charge on any atom is -0.409 e. The van der Waals surface area contributed by atoms with Crippen molar-refractivity contribution < 1.29 is 5.21 Å². The third kappa shape index (κ3) is 7.18. The first-order chi connectivity index (χ1) is 7.79. The lowest BCUT2D eigenvalue weighted by molar-refractivity contribution is 0.265. The molecule has 0 rings (SSSR count). The monoisotopic (exact) mass is 244 g/mol. The van der Waals surface area contributed by atoms with Crippen molar-refractivity contribution in [1.82, 2.24) is 9.80 Å². The molecule has 0 bridgehead atoms. The van der Waals surface area contributed by atoms with Crippen molar-refractivity contribution in [2.75, 3.05) is 40.8 Å². The van der Waals surface area contributed by atoms with E-state index in [0.29, 0.717) is 5.84 Å². The van der Waals surface area contributed by atoms with E-state index in [4.69, 9.17) is 10.9 Å². The van der Waals surface area contributed by atoms with E-state index in [2.05, 4.69) is 36.1 Å². The van der Waals surface area contributed by atoms with Gasteiger partial charge in [-0.1, -0.05) is 19.0 Å². The van der Waals surface area contributed by atoms with Crippen LogP contribution in [0.1, 0.15) is 26.7 Å². The SMILES string of the molecule is CN(C)CCN(C)CCCC(C)(C)C(N)=NO. The van der Waals surface area contributed by atoms with Crippen LogP contribution in [0, 0.1) is 5.41 Å². The summed E-state index contributed by atoms with van der Waals surface area (Å²) in [5, 5.41) is 11.8. The number of nitrogens with zero attached hydrogens (tertiary/aromatic N) is 3. The zero-order valence-electron chi connectivity index (χ0n) is 11.9. The Morgan fingerprint density at radius 2 is 1.76 bits per heavy atom. The lowest BCUT2D eigenvalue weighted by atomic mass is 9.86. The molecule has 0 fully saturated rings. The number of oxime groups is 1. The summed E-state index contributed by atoms with van der Waals surface area (Å²) in [6, 6.07) is 0. The standard InChI is InChI=1S/C12H28N4O/c1-12(2,11(13)14-17)7-6-8-16(5)10-9-15(3)4/h17H,6-10H2,1-5H3,(H2,13,14). The van der Waals surface area contributed by atoms with Gasteiger partial charge < -0.3 is 20.7 Å². The second kappa shape index (κ2) is 7.50. The van der Waals surface area contributed by atoms with Crippen molar-refractivity contribution >= 4 is 5.84 Å². The van der Waals surface area contributed by atoms with E-state index >= 15 is 0 Å². The first kappa shape index (κ1) is 16.2. The molecule has 0 saturated heterocycles. The summed E-state index contributed by atoms with van der Waals surface area (Å²) in [7, 11) is 6.28. The Kier molecular flexibility index (Phi) is 7.15. The average Bonchev–Trinajstić information content (AvgIpc) is 2.24. The molecule has 0 aliphatic heterocycles. The lowest BCUT2D eigenvalue weighted by Crippen LogP contribution is -2.34. The summed E-state index contributed by atoms with van der Waals surface area (Å²) in [6.45, 7) is 7.18. The predicted molar refractivity (Wildman–Crippen MR) is 72.5 cm³/mol. The highest BCUT2D eigenvalue weighted by molar-refractivity contribution is 5.85. The Labute approximate surface area is 105 Å². The van der Waals surface area contributed by atoms with Gasteiger partial charge in [-0.05, 0) is 40.5 Å². The van der Waals surface area contributed by atoms with Crippen LogP contribution in [0.4, 0.5) is 0 Å². The number of hydrogen-bond acceptors (Lipinski definition) is 4. The third-order valence-corrected chi connectivity index (χ3v) is 3.07. The van der Waals surface area contributed by atoms with Gasteiger partial charge >= 0.3 is 0 Å². The molecular weight excluding hydrogens is 216 g/mol. The van der Waals surface area contributed by atoms with E-state index < -0.39 is 0 Å². The van der Waals surface area contributed by atoms with E-state index in [1.807, 2.05) is 13.8 Å². The molecule has 0 atom stereocenters. The van der Waals surface area contributed by atoms with Crippen molar-refractivity contribution in [2.45, 2.75) is 26.7 Å². The zero-order valence-corrected chi connectivity index (χ0v) is 11.9. The minimum absolute atomic E-state index is 0.225. The van der Waals surface area contributed by atoms with E-state index in [-0.39, 0.29) is 5.41 Å². The summed E-state index contributed by atoms with van der Waals surface area (Å²) in [4.78, 5) is 4.49. The Morgan fingerprint density at radius 1 is 1.18 bits per heavy atom. The van der Waals surface area contributed by atoms with Gasteiger partial charge in [0.05, 0.1) is 0 Å². The first-order valence-electron chi connectivity index (χ1n) is 6.11. The molecule has 17 heavy (non-hydrogen) atoms. The Bertz CT molecular complexity index is 239. The fourth-order valence-corrected chi connectivity index (χ4v) is 1.54. The maximum atomic E-state index is 8.67. The highest BCUT2D eigenvalue weighted by atomic mass is 16.4. The van der Waals surface area contributed by atoms with Gasteiger partial charge in [0, 0.05) is 18.5 Å². The van der Waals surface area contributed by atoms with Crippen LogP contribution < -0.4 is 5.73 Å². The minimum atomic E-state index is -0.225. The number of likely N-dealkylation sites (N-methyl/N-ethyl adjacent to an activating group) is 2. The molecule has 0 radical (unpaired) electrons. The van der Waals surface area contributed by atoms with E-state index in [0.717, 1.165) is 32.5 Å². The molecular formula is C12H28N4O. The van der Waals surface area contributed by atoms with Crippen molar-refractivity contribution in [3.8, 4) is 0 Å². The van der Waals surface area contributed by atoms with Crippen LogP contribution in [-0.2, 0) is 0 Å². The van der Waals surface area contributed by atoms with Crippen LogP contribution in [0.2, 0.25) is 0 Å². The van der Waals surface area contributed by atoms with Gasteiger partial charge in [0.2, 0.25) is 0 Å². The average molecular weight is 244 g/mol. The lowest BCUT2D eigenvalue weighted by Gasteiger charge is -2.25. The second-order valence-electron chi connectivity index (χ2n) is 5.58. The largest absolute Gasteiger partial charge is 0.409 e. The van der Waals surface area contributed by atoms with Crippen LogP contribution in [0.3, 0.4) is 0 Å². The van der Waals surface area contributed by atoms with Crippen LogP contribution >= 0.6 is 0 Å². The molecule has 0 aromatic rings. The molecule has 0 aromatic carbocycles. The van der Waals surface area contributed by atoms with Gasteiger partial charge in [-0.2, -0.15) is 0 Å². The Hall–Kier alpha value is -0.810. The normalized spacial score (nSPS) is 13.7. The highest BCUT2D eigenvalue weighted by Gasteiger charge is 2.22. The molecule has 3 N–H and O–H groups in total. The second-order valence-corrected chi connectivity index (χ2v) is 5.58. The number of rotatable bonds is 8. The molecule has 0 aromatic heterocycles. The zero-order chi connectivity index (χ0) is 13.5. The molecule has 0 aliphatic carbocycles. The van der Waals surface area contributed by atoms with Crippen molar-refractivity contribution in [3.63, 3.8) is 0 Å². The molecule has 102 valence electrons. The van der Waals surface area contributed by atoms with Crippen LogP contribution in [0.25, 0.3) is 0 Å². The van der Waals surface area contributed by atoms with Gasteiger partial charge in [0.25, 0.3) is 0 Å². The molecule has 0 amide bonds. The van der Waals surface area contributed by atoms with Crippen LogP contribution in [0.15, 0.2) is 5.16 Å². The number of nitrogens with two attached hydrogens (primary N) is 1. The molecule has 0 aliphatic rings. The molecule has 5 heteroatoms. The van der Waals surface area contributed by atoms with Gasteiger partial charge in [0.1, 0.15) is 5.84 Å². The van der Waals surface area contributed by atoms with Crippen LogP contribution in [-0.4, -0.2) is 61.6 Å². The molecule has 0 spiro atoms. The van der Waals surface area contributed by atoms with Gasteiger partial charge in [-0.15, -0.1) is 0 Å². The third-order valence-electron chi connectivity index (χ3n) is 3.07. The Morgan fingerprint density at radius 3 is 2.24 bits per heavy atom. The first-order valence-corrected chi connectivity index (χ1v) is 6.11. The quantitative estimate of drug-likeness (QED) is 0.290. The molecule has 0 saturated carbocycles. The Balaban J connectivity index is 3.83. The highest BCUT2D eigenvalue weighted by Crippen LogP contribution is 2.22. The van der Waals surface area contributed by atoms with Gasteiger partial charge in [-0.25, -0.2) is 0 Å². The number of hydrogen-bond donors (Lipinski definition) is 2. The van der Waals surface area contributed by atoms with Gasteiger partial charge in [-0.3, -0.25) is 0 Å². The maximum absolute atomic E-state index is 8.67. The van der Waals surface area contributed by atoms with Gasteiger partial charge in [0.15, 0.2) is 0 Å². The fourth-order valence-electron chi connectivity index (χ4n) is 1.54. The molecule has 5 nitrogen and oxygen atoms in total.